The van der Waals surface area contributed by atoms with Crippen LogP contribution in [0.15, 0.2) is 48.7 Å². The molecule has 2 aromatic carbocycles. The summed E-state index contributed by atoms with van der Waals surface area (Å²) in [6.07, 6.45) is 4.30. The Morgan fingerprint density at radius 2 is 1.85 bits per heavy atom. The van der Waals surface area contributed by atoms with E-state index in [9.17, 15) is 4.79 Å². The number of carbonyl (C=O) groups is 1. The zero-order valence-corrected chi connectivity index (χ0v) is 16.9. The zero-order chi connectivity index (χ0) is 18.3. The number of fused-ring (bicyclic) bond motifs is 1. The molecule has 2 N–H and O–H groups in total. The van der Waals surface area contributed by atoms with Crippen LogP contribution >= 0.6 is 22.6 Å². The molecule has 1 aromatic heterocycles. The Balaban J connectivity index is 1.74. The van der Waals surface area contributed by atoms with Gasteiger partial charge in [0.1, 0.15) is 0 Å². The van der Waals surface area contributed by atoms with Crippen molar-refractivity contribution < 1.29 is 4.79 Å². The van der Waals surface area contributed by atoms with Crippen molar-refractivity contribution >= 4 is 39.3 Å². The number of ketones is 1. The molecule has 0 saturated carbocycles. The van der Waals surface area contributed by atoms with Crippen molar-refractivity contribution in [1.29, 1.82) is 0 Å². The van der Waals surface area contributed by atoms with Crippen molar-refractivity contribution in [3.05, 3.63) is 68.9 Å². The number of carbonyl (C=O) groups excluding carboxylic acids is 1. The normalized spacial score (nSPS) is 16.2. The van der Waals surface area contributed by atoms with E-state index in [-0.39, 0.29) is 5.78 Å². The quantitative estimate of drug-likeness (QED) is 0.366. The molecule has 1 aliphatic heterocycles. The third-order valence-electron chi connectivity index (χ3n) is 5.37. The first-order chi connectivity index (χ1) is 12.5. The second-order valence-electron chi connectivity index (χ2n) is 7.14. The number of nitrogens with two attached hydrogens (primary N) is 1. The van der Waals surface area contributed by atoms with E-state index in [2.05, 4.69) is 34.5 Å². The predicted molar refractivity (Wildman–Crippen MR) is 114 cm³/mol. The van der Waals surface area contributed by atoms with Crippen LogP contribution in [0.5, 0.6) is 0 Å². The van der Waals surface area contributed by atoms with E-state index in [4.69, 9.17) is 5.84 Å². The molecule has 1 saturated heterocycles. The summed E-state index contributed by atoms with van der Waals surface area (Å²) in [6.45, 7) is 2.20. The molecule has 1 aliphatic rings. The lowest BCUT2D eigenvalue weighted by atomic mass is 9.88. The van der Waals surface area contributed by atoms with E-state index < -0.39 is 0 Å². The highest BCUT2D eigenvalue weighted by Crippen LogP contribution is 2.34. The van der Waals surface area contributed by atoms with Crippen molar-refractivity contribution in [2.24, 2.45) is 0 Å². The van der Waals surface area contributed by atoms with Gasteiger partial charge in [-0.3, -0.25) is 9.47 Å². The number of halogens is 1. The maximum absolute atomic E-state index is 12.9. The average molecular weight is 459 g/mol. The number of aromatic nitrogens is 1. The van der Waals surface area contributed by atoms with Gasteiger partial charge in [-0.15, -0.1) is 0 Å². The van der Waals surface area contributed by atoms with Gasteiger partial charge < -0.3 is 10.7 Å². The third kappa shape index (κ3) is 3.25. The van der Waals surface area contributed by atoms with E-state index in [0.717, 1.165) is 51.5 Å². The number of hydrogen-bond acceptors (Lipinski definition) is 3. The Hall–Kier alpha value is -1.86. The second-order valence-corrected chi connectivity index (χ2v) is 8.39. The summed E-state index contributed by atoms with van der Waals surface area (Å²) >= 11 is 2.24. The van der Waals surface area contributed by atoms with Crippen molar-refractivity contribution in [2.45, 2.75) is 18.8 Å². The molecule has 2 heterocycles. The lowest BCUT2D eigenvalue weighted by Crippen LogP contribution is -2.29. The van der Waals surface area contributed by atoms with Gasteiger partial charge in [0.15, 0.2) is 5.78 Å². The number of piperidine rings is 1. The molecule has 4 rings (SSSR count). The molecule has 0 unspecified atom stereocenters. The average Bonchev–Trinajstić information content (AvgIpc) is 2.98. The number of rotatable bonds is 3. The Bertz CT molecular complexity index is 971. The minimum Gasteiger partial charge on any atom is -0.339 e. The standard InChI is InChI=1S/C21H22IN3O/c1-24-9-7-14(8-10-24)19-13-25(23)20-6-5-16(12-18(19)20)21(26)15-3-2-4-17(22)11-15/h2-6,11-14H,7-10,23H2,1H3. The molecular weight excluding hydrogens is 437 g/mol. The Morgan fingerprint density at radius 3 is 2.58 bits per heavy atom. The maximum Gasteiger partial charge on any atom is 0.193 e. The van der Waals surface area contributed by atoms with Gasteiger partial charge in [0.25, 0.3) is 0 Å². The highest BCUT2D eigenvalue weighted by molar-refractivity contribution is 14.1. The van der Waals surface area contributed by atoms with Crippen LogP contribution in [0.4, 0.5) is 0 Å². The highest BCUT2D eigenvalue weighted by Gasteiger charge is 2.23. The third-order valence-corrected chi connectivity index (χ3v) is 6.04. The molecule has 0 amide bonds. The second kappa shape index (κ2) is 7.04. The molecule has 134 valence electrons. The summed E-state index contributed by atoms with van der Waals surface area (Å²) in [5.41, 5.74) is 3.70. The molecule has 1 fully saturated rings. The van der Waals surface area contributed by atoms with Crippen molar-refractivity contribution in [2.75, 3.05) is 26.0 Å². The minimum atomic E-state index is 0.0597. The molecule has 4 nitrogen and oxygen atoms in total. The first kappa shape index (κ1) is 17.5. The van der Waals surface area contributed by atoms with Crippen LogP contribution in [0, 0.1) is 3.57 Å². The van der Waals surface area contributed by atoms with Crippen LogP contribution < -0.4 is 5.84 Å². The zero-order valence-electron chi connectivity index (χ0n) is 14.8. The summed E-state index contributed by atoms with van der Waals surface area (Å²) < 4.78 is 2.76. The summed E-state index contributed by atoms with van der Waals surface area (Å²) in [7, 11) is 2.17. The molecule has 0 atom stereocenters. The van der Waals surface area contributed by atoms with Crippen LogP contribution in [0.3, 0.4) is 0 Å². The van der Waals surface area contributed by atoms with Gasteiger partial charge in [-0.05, 0) is 97.4 Å². The lowest BCUT2D eigenvalue weighted by molar-refractivity contribution is 0.103. The van der Waals surface area contributed by atoms with E-state index >= 15 is 0 Å². The van der Waals surface area contributed by atoms with Crippen LogP contribution in [-0.2, 0) is 0 Å². The van der Waals surface area contributed by atoms with Gasteiger partial charge in [-0.25, -0.2) is 0 Å². The van der Waals surface area contributed by atoms with Gasteiger partial charge >= 0.3 is 0 Å². The highest BCUT2D eigenvalue weighted by atomic mass is 127. The van der Waals surface area contributed by atoms with E-state index in [1.54, 1.807) is 4.68 Å². The molecule has 0 aliphatic carbocycles. The Kier molecular flexibility index (Phi) is 4.75. The largest absolute Gasteiger partial charge is 0.339 e. The number of nitrogen functional groups attached to an aromatic ring is 1. The fraction of sp³-hybridized carbons (Fsp3) is 0.286. The molecular formula is C21H22IN3O. The van der Waals surface area contributed by atoms with Gasteiger partial charge in [0.05, 0.1) is 5.52 Å². The van der Waals surface area contributed by atoms with E-state index in [1.807, 2.05) is 48.7 Å². The number of hydrogen-bond donors (Lipinski definition) is 1. The fourth-order valence-corrected chi connectivity index (χ4v) is 4.41. The first-order valence-electron chi connectivity index (χ1n) is 8.92. The summed E-state index contributed by atoms with van der Waals surface area (Å²) in [4.78, 5) is 15.3. The van der Waals surface area contributed by atoms with Gasteiger partial charge in [0, 0.05) is 26.3 Å². The van der Waals surface area contributed by atoms with Gasteiger partial charge in [-0.2, -0.15) is 0 Å². The number of benzene rings is 2. The predicted octanol–water partition coefficient (Wildman–Crippen LogP) is 4.00. The molecule has 0 spiro atoms. The SMILES string of the molecule is CN1CCC(c2cn(N)c3ccc(C(=O)c4cccc(I)c4)cc23)CC1. The van der Waals surface area contributed by atoms with Crippen LogP contribution in [0.1, 0.15) is 40.2 Å². The molecule has 0 bridgehead atoms. The molecule has 26 heavy (non-hydrogen) atoms. The first-order valence-corrected chi connectivity index (χ1v) is 9.99. The number of likely N-dealkylation sites (tertiary alicyclic amines) is 1. The van der Waals surface area contributed by atoms with Crippen molar-refractivity contribution in [1.82, 2.24) is 9.58 Å². The Labute approximate surface area is 167 Å². The Morgan fingerprint density at radius 1 is 1.12 bits per heavy atom. The molecule has 3 aromatic rings. The maximum atomic E-state index is 12.9. The van der Waals surface area contributed by atoms with Crippen LogP contribution in [-0.4, -0.2) is 35.5 Å². The smallest absolute Gasteiger partial charge is 0.193 e. The minimum absolute atomic E-state index is 0.0597. The van der Waals surface area contributed by atoms with Crippen LogP contribution in [0.25, 0.3) is 10.9 Å². The van der Waals surface area contributed by atoms with Crippen molar-refractivity contribution in [3.63, 3.8) is 0 Å². The summed E-state index contributed by atoms with van der Waals surface area (Å²) in [5.74, 6) is 6.75. The summed E-state index contributed by atoms with van der Waals surface area (Å²) in [6, 6.07) is 13.6. The lowest BCUT2D eigenvalue weighted by Gasteiger charge is -2.28. The monoisotopic (exact) mass is 459 g/mol. The fourth-order valence-electron chi connectivity index (χ4n) is 3.86. The summed E-state index contributed by atoms with van der Waals surface area (Å²) in [5, 5.41) is 1.11. The van der Waals surface area contributed by atoms with Crippen LogP contribution in [0.2, 0.25) is 0 Å². The topological polar surface area (TPSA) is 51.3 Å². The van der Waals surface area contributed by atoms with Gasteiger partial charge in [-0.1, -0.05) is 12.1 Å². The van der Waals surface area contributed by atoms with E-state index in [1.165, 1.54) is 5.56 Å². The van der Waals surface area contributed by atoms with E-state index in [0.29, 0.717) is 5.92 Å². The molecule has 0 radical (unpaired) electrons. The van der Waals surface area contributed by atoms with Gasteiger partial charge in [0.2, 0.25) is 0 Å². The number of nitrogens with zero attached hydrogens (tertiary/aromatic N) is 2. The molecule has 5 heteroatoms. The van der Waals surface area contributed by atoms with Crippen molar-refractivity contribution in [3.8, 4) is 0 Å².